The molecule has 0 atom stereocenters. The van der Waals surface area contributed by atoms with Crippen LogP contribution >= 0.6 is 0 Å². The molecule has 0 amide bonds. The second-order valence-electron chi connectivity index (χ2n) is 3.41. The van der Waals surface area contributed by atoms with Crippen LogP contribution in [-0.4, -0.2) is 9.91 Å². The number of rotatable bonds is 1. The predicted octanol–water partition coefficient (Wildman–Crippen LogP) is 2.69. The van der Waals surface area contributed by atoms with Crippen LogP contribution in [0.1, 0.15) is 11.1 Å². The molecular weight excluding hydrogens is 180 g/mol. The van der Waals surface area contributed by atoms with E-state index in [-0.39, 0.29) is 10.6 Å². The zero-order valence-corrected chi connectivity index (χ0v) is 8.00. The van der Waals surface area contributed by atoms with Crippen molar-refractivity contribution in [2.75, 3.05) is 0 Å². The first-order chi connectivity index (χ1) is 6.59. The van der Waals surface area contributed by atoms with E-state index in [4.69, 9.17) is 0 Å². The Bertz CT molecular complexity index is 514. The highest BCUT2D eigenvalue weighted by Crippen LogP contribution is 2.26. The van der Waals surface area contributed by atoms with E-state index in [1.54, 1.807) is 19.1 Å². The number of hydrogen-bond acceptors (Lipinski definition) is 2. The molecule has 0 bridgehead atoms. The van der Waals surface area contributed by atoms with E-state index in [0.29, 0.717) is 5.56 Å². The molecule has 14 heavy (non-hydrogen) atoms. The first-order valence-corrected chi connectivity index (χ1v) is 4.32. The summed E-state index contributed by atoms with van der Waals surface area (Å²) in [5.41, 5.74) is 2.85. The van der Waals surface area contributed by atoms with Gasteiger partial charge in [-0.2, -0.15) is 0 Å². The molecule has 0 aliphatic heterocycles. The predicted molar refractivity (Wildman–Crippen MR) is 54.4 cm³/mol. The van der Waals surface area contributed by atoms with Gasteiger partial charge >= 0.3 is 0 Å². The van der Waals surface area contributed by atoms with Crippen molar-refractivity contribution in [3.05, 3.63) is 39.6 Å². The molecule has 1 heterocycles. The number of nitrogens with zero attached hydrogens (tertiary/aromatic N) is 1. The fourth-order valence-corrected chi connectivity index (χ4v) is 1.60. The number of H-pyrrole nitrogens is 1. The number of aromatic amines is 1. The van der Waals surface area contributed by atoms with Gasteiger partial charge in [-0.1, -0.05) is 0 Å². The zero-order chi connectivity index (χ0) is 10.3. The summed E-state index contributed by atoms with van der Waals surface area (Å²) in [6.07, 6.45) is 1.85. The van der Waals surface area contributed by atoms with Gasteiger partial charge < -0.3 is 4.98 Å². The summed E-state index contributed by atoms with van der Waals surface area (Å²) in [7, 11) is 0. The fraction of sp³-hybridized carbons (Fsp3) is 0.200. The second-order valence-corrected chi connectivity index (χ2v) is 3.41. The number of nitro groups is 1. The molecule has 1 aromatic carbocycles. The number of hydrogen-bond donors (Lipinski definition) is 1. The van der Waals surface area contributed by atoms with Crippen LogP contribution in [0, 0.1) is 24.0 Å². The van der Waals surface area contributed by atoms with E-state index < -0.39 is 0 Å². The molecule has 0 unspecified atom stereocenters. The van der Waals surface area contributed by atoms with Crippen molar-refractivity contribution in [2.24, 2.45) is 0 Å². The van der Waals surface area contributed by atoms with Crippen LogP contribution < -0.4 is 0 Å². The lowest BCUT2D eigenvalue weighted by Gasteiger charge is -1.97. The van der Waals surface area contributed by atoms with E-state index >= 15 is 0 Å². The van der Waals surface area contributed by atoms with E-state index in [1.807, 2.05) is 13.1 Å². The highest BCUT2D eigenvalue weighted by atomic mass is 16.6. The maximum atomic E-state index is 10.7. The third kappa shape index (κ3) is 1.16. The Morgan fingerprint density at radius 3 is 2.64 bits per heavy atom. The van der Waals surface area contributed by atoms with E-state index in [9.17, 15) is 10.1 Å². The van der Waals surface area contributed by atoms with Gasteiger partial charge in [0.1, 0.15) is 0 Å². The van der Waals surface area contributed by atoms with Gasteiger partial charge in [0.25, 0.3) is 5.69 Å². The van der Waals surface area contributed by atoms with Gasteiger partial charge in [0.05, 0.1) is 4.92 Å². The van der Waals surface area contributed by atoms with Gasteiger partial charge in [-0.05, 0) is 25.5 Å². The fourth-order valence-electron chi connectivity index (χ4n) is 1.60. The van der Waals surface area contributed by atoms with Crippen molar-refractivity contribution in [3.8, 4) is 0 Å². The summed E-state index contributed by atoms with van der Waals surface area (Å²) in [5, 5.41) is 11.6. The number of aryl methyl sites for hydroxylation is 2. The van der Waals surface area contributed by atoms with E-state index in [1.165, 1.54) is 0 Å². The molecule has 2 aromatic rings. The average molecular weight is 190 g/mol. The molecule has 1 N–H and O–H groups in total. The Balaban J connectivity index is 2.80. The van der Waals surface area contributed by atoms with E-state index in [2.05, 4.69) is 4.98 Å². The third-order valence-corrected chi connectivity index (χ3v) is 2.40. The molecule has 0 aliphatic carbocycles. The molecule has 0 radical (unpaired) electrons. The van der Waals surface area contributed by atoms with Crippen molar-refractivity contribution in [2.45, 2.75) is 13.8 Å². The SMILES string of the molecule is Cc1cc2[nH]cc(C)c2cc1[N+](=O)[O-]. The lowest BCUT2D eigenvalue weighted by molar-refractivity contribution is -0.385. The number of aromatic nitrogens is 1. The highest BCUT2D eigenvalue weighted by molar-refractivity contribution is 5.86. The molecule has 0 saturated heterocycles. The second kappa shape index (κ2) is 2.83. The third-order valence-electron chi connectivity index (χ3n) is 2.40. The molecule has 0 fully saturated rings. The monoisotopic (exact) mass is 190 g/mol. The summed E-state index contributed by atoms with van der Waals surface area (Å²) >= 11 is 0. The molecule has 0 saturated carbocycles. The molecule has 4 nitrogen and oxygen atoms in total. The number of nitrogens with one attached hydrogen (secondary N) is 1. The minimum atomic E-state index is -0.346. The van der Waals surface area contributed by atoms with Gasteiger partial charge in [-0.3, -0.25) is 10.1 Å². The highest BCUT2D eigenvalue weighted by Gasteiger charge is 2.12. The maximum Gasteiger partial charge on any atom is 0.273 e. The van der Waals surface area contributed by atoms with Crippen LogP contribution in [0.4, 0.5) is 5.69 Å². The van der Waals surface area contributed by atoms with Crippen LogP contribution in [0.25, 0.3) is 10.9 Å². The van der Waals surface area contributed by atoms with Gasteiger partial charge in [-0.15, -0.1) is 0 Å². The van der Waals surface area contributed by atoms with Gasteiger partial charge in [0.15, 0.2) is 0 Å². The Labute approximate surface area is 80.7 Å². The number of nitro benzene ring substituents is 1. The largest absolute Gasteiger partial charge is 0.361 e. The van der Waals surface area contributed by atoms with Gasteiger partial charge in [-0.25, -0.2) is 0 Å². The van der Waals surface area contributed by atoms with Gasteiger partial charge in [0, 0.05) is 28.7 Å². The van der Waals surface area contributed by atoms with Crippen molar-refractivity contribution in [1.82, 2.24) is 4.98 Å². The maximum absolute atomic E-state index is 10.7. The first kappa shape index (κ1) is 8.74. The topological polar surface area (TPSA) is 58.9 Å². The van der Waals surface area contributed by atoms with Gasteiger partial charge in [0.2, 0.25) is 0 Å². The van der Waals surface area contributed by atoms with Crippen molar-refractivity contribution >= 4 is 16.6 Å². The zero-order valence-electron chi connectivity index (χ0n) is 8.00. The Morgan fingerprint density at radius 2 is 2.00 bits per heavy atom. The lowest BCUT2D eigenvalue weighted by Crippen LogP contribution is -1.91. The molecule has 2 rings (SSSR count). The molecule has 72 valence electrons. The normalized spacial score (nSPS) is 10.7. The van der Waals surface area contributed by atoms with E-state index in [0.717, 1.165) is 16.5 Å². The van der Waals surface area contributed by atoms with Crippen molar-refractivity contribution < 1.29 is 4.92 Å². The Kier molecular flexibility index (Phi) is 1.77. The Hall–Kier alpha value is -1.84. The van der Waals surface area contributed by atoms with Crippen LogP contribution in [0.5, 0.6) is 0 Å². The first-order valence-electron chi connectivity index (χ1n) is 4.32. The minimum absolute atomic E-state index is 0.181. The summed E-state index contributed by atoms with van der Waals surface area (Å²) in [6, 6.07) is 3.43. The van der Waals surface area contributed by atoms with Crippen LogP contribution in [0.3, 0.4) is 0 Å². The number of fused-ring (bicyclic) bond motifs is 1. The van der Waals surface area contributed by atoms with Crippen molar-refractivity contribution in [1.29, 1.82) is 0 Å². The lowest BCUT2D eigenvalue weighted by atomic mass is 10.1. The molecular formula is C10H10N2O2. The van der Waals surface area contributed by atoms with Crippen LogP contribution in [0.2, 0.25) is 0 Å². The minimum Gasteiger partial charge on any atom is -0.361 e. The standard InChI is InChI=1S/C10H10N2O2/c1-6-3-9-8(7(2)5-11-9)4-10(6)12(13)14/h3-5,11H,1-2H3. The van der Waals surface area contributed by atoms with Crippen molar-refractivity contribution in [3.63, 3.8) is 0 Å². The summed E-state index contributed by atoms with van der Waals surface area (Å²) < 4.78 is 0. The summed E-state index contributed by atoms with van der Waals surface area (Å²) in [6.45, 7) is 3.67. The quantitative estimate of drug-likeness (QED) is 0.555. The molecule has 4 heteroatoms. The Morgan fingerprint density at radius 1 is 1.29 bits per heavy atom. The summed E-state index contributed by atoms with van der Waals surface area (Å²) in [5.74, 6) is 0. The van der Waals surface area contributed by atoms with Crippen LogP contribution in [0.15, 0.2) is 18.3 Å². The smallest absolute Gasteiger partial charge is 0.273 e. The summed E-state index contributed by atoms with van der Waals surface area (Å²) in [4.78, 5) is 13.4. The number of benzene rings is 1. The molecule has 0 spiro atoms. The average Bonchev–Trinajstić information content (AvgIpc) is 2.46. The molecule has 0 aliphatic rings. The van der Waals surface area contributed by atoms with Crippen LogP contribution in [-0.2, 0) is 0 Å². The molecule has 1 aromatic heterocycles.